The van der Waals surface area contributed by atoms with Crippen LogP contribution in [0.15, 0.2) is 36.4 Å². The van der Waals surface area contributed by atoms with Gasteiger partial charge >= 0.3 is 5.97 Å². The van der Waals surface area contributed by atoms with Gasteiger partial charge in [0.2, 0.25) is 12.5 Å². The highest BCUT2D eigenvalue weighted by molar-refractivity contribution is 5.78. The van der Waals surface area contributed by atoms with Crippen LogP contribution in [0.2, 0.25) is 0 Å². The number of amides is 1. The summed E-state index contributed by atoms with van der Waals surface area (Å²) in [6.45, 7) is 4.12. The molecule has 1 saturated heterocycles. The number of carbonyl (C=O) groups excluding carboxylic acids is 1. The number of hydrogen-bond acceptors (Lipinski definition) is 10. The van der Waals surface area contributed by atoms with Crippen LogP contribution in [0.25, 0.3) is 0 Å². The molecule has 0 saturated carbocycles. The Morgan fingerprint density at radius 1 is 1.02 bits per heavy atom. The van der Waals surface area contributed by atoms with Gasteiger partial charge in [0.1, 0.15) is 6.61 Å². The number of unbranched alkanes of at least 4 members (excludes halogenated alkanes) is 1. The van der Waals surface area contributed by atoms with E-state index in [1.165, 1.54) is 12.2 Å². The first-order valence-electron chi connectivity index (χ1n) is 15.1. The molecule has 2 aliphatic heterocycles. The Balaban J connectivity index is 1.62. The fourth-order valence-electron chi connectivity index (χ4n) is 5.69. The van der Waals surface area contributed by atoms with Gasteiger partial charge in [0.05, 0.1) is 39.3 Å². The fourth-order valence-corrected chi connectivity index (χ4v) is 5.69. The van der Waals surface area contributed by atoms with Gasteiger partial charge in [-0.25, -0.2) is 5.06 Å². The minimum Gasteiger partial charge on any atom is -0.493 e. The SMILES string of the molecule is CCCCN(OCCCN(C)C)C(=O)CN1C[C@H](c2cc(OC)c3c(c2)OCO3)[C@@H](C(=O)O)[C@@H]1COc1ccccc1OC. The Labute approximate surface area is 259 Å². The highest BCUT2D eigenvalue weighted by atomic mass is 16.7. The lowest BCUT2D eigenvalue weighted by Gasteiger charge is -2.29. The number of hydrogen-bond donors (Lipinski definition) is 1. The molecule has 12 heteroatoms. The molecule has 2 aromatic carbocycles. The van der Waals surface area contributed by atoms with Crippen molar-refractivity contribution in [1.29, 1.82) is 0 Å². The van der Waals surface area contributed by atoms with E-state index in [-0.39, 0.29) is 25.9 Å². The van der Waals surface area contributed by atoms with Crippen LogP contribution in [-0.2, 0) is 14.4 Å². The van der Waals surface area contributed by atoms with Crippen molar-refractivity contribution in [1.82, 2.24) is 14.9 Å². The standard InChI is InChI=1S/C32H45N3O9/c1-6-7-14-35(44-15-10-13-33(2)3)29(36)19-34-18-23(22-16-27(40-5)31-28(17-22)42-21-43-31)30(32(37)38)24(34)20-41-26-12-9-8-11-25(26)39-4/h8-9,11-12,16-17,23-24,30H,6-7,10,13-15,18-21H2,1-5H3,(H,37,38)/t23-,24+,30-/m1/s1. The summed E-state index contributed by atoms with van der Waals surface area (Å²) in [5, 5.41) is 12.0. The Morgan fingerprint density at radius 3 is 2.45 bits per heavy atom. The molecule has 2 aromatic rings. The molecular formula is C32H45N3O9. The van der Waals surface area contributed by atoms with E-state index in [1.54, 1.807) is 31.4 Å². The second kappa shape index (κ2) is 15.8. The smallest absolute Gasteiger partial charge is 0.308 e. The van der Waals surface area contributed by atoms with Crippen molar-refractivity contribution in [3.8, 4) is 28.7 Å². The van der Waals surface area contributed by atoms with Gasteiger partial charge in [0.25, 0.3) is 5.91 Å². The number of carbonyl (C=O) groups is 2. The molecule has 0 unspecified atom stereocenters. The summed E-state index contributed by atoms with van der Waals surface area (Å²) in [7, 11) is 7.06. The summed E-state index contributed by atoms with van der Waals surface area (Å²) in [5.41, 5.74) is 0.721. The first-order valence-corrected chi connectivity index (χ1v) is 15.1. The third kappa shape index (κ3) is 8.04. The van der Waals surface area contributed by atoms with E-state index in [2.05, 4.69) is 11.8 Å². The Hall–Kier alpha value is -3.74. The Kier molecular flexibility index (Phi) is 11.9. The molecule has 4 rings (SSSR count). The monoisotopic (exact) mass is 615 g/mol. The molecule has 0 aliphatic carbocycles. The number of carboxylic acid groups (broad SMARTS) is 1. The maximum absolute atomic E-state index is 13.7. The van der Waals surface area contributed by atoms with Crippen LogP contribution in [0.1, 0.15) is 37.7 Å². The molecule has 2 heterocycles. The third-order valence-electron chi connectivity index (χ3n) is 7.95. The van der Waals surface area contributed by atoms with E-state index in [0.717, 1.165) is 31.4 Å². The van der Waals surface area contributed by atoms with Crippen molar-refractivity contribution in [2.45, 2.75) is 38.1 Å². The van der Waals surface area contributed by atoms with Gasteiger partial charge in [-0.1, -0.05) is 25.5 Å². The first kappa shape index (κ1) is 33.2. The highest BCUT2D eigenvalue weighted by Gasteiger charge is 2.48. The molecule has 1 amide bonds. The molecule has 0 spiro atoms. The maximum Gasteiger partial charge on any atom is 0.308 e. The van der Waals surface area contributed by atoms with E-state index < -0.39 is 23.8 Å². The average molecular weight is 616 g/mol. The maximum atomic E-state index is 13.7. The van der Waals surface area contributed by atoms with Crippen LogP contribution >= 0.6 is 0 Å². The number of carboxylic acids is 1. The fraction of sp³-hybridized carbons (Fsp3) is 0.562. The summed E-state index contributed by atoms with van der Waals surface area (Å²) in [5.74, 6) is -0.114. The molecular weight excluding hydrogens is 570 g/mol. The van der Waals surface area contributed by atoms with Crippen molar-refractivity contribution in [3.05, 3.63) is 42.0 Å². The largest absolute Gasteiger partial charge is 0.493 e. The van der Waals surface area contributed by atoms with Gasteiger partial charge in [0.15, 0.2) is 23.0 Å². The van der Waals surface area contributed by atoms with Gasteiger partial charge in [-0.15, -0.1) is 0 Å². The topological polar surface area (TPSA) is 119 Å². The molecule has 44 heavy (non-hydrogen) atoms. The number of nitrogens with zero attached hydrogens (tertiary/aromatic N) is 3. The predicted molar refractivity (Wildman–Crippen MR) is 163 cm³/mol. The lowest BCUT2D eigenvalue weighted by molar-refractivity contribution is -0.189. The second-order valence-corrected chi connectivity index (χ2v) is 11.2. The molecule has 1 fully saturated rings. The van der Waals surface area contributed by atoms with Crippen molar-refractivity contribution in [2.24, 2.45) is 5.92 Å². The number of aliphatic carboxylic acids is 1. The van der Waals surface area contributed by atoms with Crippen molar-refractivity contribution in [3.63, 3.8) is 0 Å². The Morgan fingerprint density at radius 2 is 1.77 bits per heavy atom. The number of methoxy groups -OCH3 is 2. The zero-order chi connectivity index (χ0) is 31.6. The molecule has 1 N–H and O–H groups in total. The van der Waals surface area contributed by atoms with Crippen LogP contribution in [-0.4, -0.2) is 112 Å². The summed E-state index contributed by atoms with van der Waals surface area (Å²) < 4.78 is 28.4. The predicted octanol–water partition coefficient (Wildman–Crippen LogP) is 3.49. The zero-order valence-electron chi connectivity index (χ0n) is 26.3. The van der Waals surface area contributed by atoms with Crippen LogP contribution in [0.5, 0.6) is 28.7 Å². The van der Waals surface area contributed by atoms with Gasteiger partial charge in [0, 0.05) is 19.0 Å². The summed E-state index contributed by atoms with van der Waals surface area (Å²) >= 11 is 0. The molecule has 12 nitrogen and oxygen atoms in total. The first-order chi connectivity index (χ1) is 21.3. The summed E-state index contributed by atoms with van der Waals surface area (Å²) in [6, 6.07) is 10.2. The van der Waals surface area contributed by atoms with E-state index in [1.807, 2.05) is 31.1 Å². The van der Waals surface area contributed by atoms with Crippen LogP contribution in [0, 0.1) is 5.92 Å². The van der Waals surface area contributed by atoms with Crippen molar-refractivity contribution >= 4 is 11.9 Å². The van der Waals surface area contributed by atoms with E-state index in [4.69, 9.17) is 28.5 Å². The van der Waals surface area contributed by atoms with E-state index in [9.17, 15) is 14.7 Å². The second-order valence-electron chi connectivity index (χ2n) is 11.2. The van der Waals surface area contributed by atoms with Gasteiger partial charge in [-0.05, 0) is 63.3 Å². The lowest BCUT2D eigenvalue weighted by atomic mass is 9.85. The summed E-state index contributed by atoms with van der Waals surface area (Å²) in [6.07, 6.45) is 2.47. The molecule has 0 aromatic heterocycles. The average Bonchev–Trinajstić information content (AvgIpc) is 3.63. The van der Waals surface area contributed by atoms with Crippen LogP contribution < -0.4 is 23.7 Å². The summed E-state index contributed by atoms with van der Waals surface area (Å²) in [4.78, 5) is 36.5. The number of fused-ring (bicyclic) bond motifs is 1. The van der Waals surface area contributed by atoms with Gasteiger partial charge < -0.3 is 33.7 Å². The Bertz CT molecular complexity index is 1260. The molecule has 2 aliphatic rings. The van der Waals surface area contributed by atoms with Crippen molar-refractivity contribution < 1.29 is 43.2 Å². The lowest BCUT2D eigenvalue weighted by Crippen LogP contribution is -2.46. The van der Waals surface area contributed by atoms with Crippen LogP contribution in [0.4, 0.5) is 0 Å². The molecule has 0 radical (unpaired) electrons. The number of rotatable bonds is 17. The normalized spacial score (nSPS) is 19.3. The number of para-hydroxylation sites is 2. The van der Waals surface area contributed by atoms with Crippen molar-refractivity contribution in [2.75, 3.05) is 74.5 Å². The minimum absolute atomic E-state index is 0.0285. The number of benzene rings is 2. The van der Waals surface area contributed by atoms with E-state index >= 15 is 0 Å². The van der Waals surface area contributed by atoms with E-state index in [0.29, 0.717) is 48.4 Å². The zero-order valence-corrected chi connectivity index (χ0v) is 26.3. The minimum atomic E-state index is -0.988. The molecule has 0 bridgehead atoms. The quantitative estimate of drug-likeness (QED) is 0.208. The number of hydroxylamine groups is 2. The molecule has 3 atom stereocenters. The van der Waals surface area contributed by atoms with Gasteiger partial charge in [-0.3, -0.25) is 19.3 Å². The highest BCUT2D eigenvalue weighted by Crippen LogP contribution is 2.47. The number of ether oxygens (including phenoxy) is 5. The van der Waals surface area contributed by atoms with Crippen LogP contribution in [0.3, 0.4) is 0 Å². The molecule has 242 valence electrons. The third-order valence-corrected chi connectivity index (χ3v) is 7.95. The number of likely N-dealkylation sites (tertiary alicyclic amines) is 1. The van der Waals surface area contributed by atoms with Gasteiger partial charge in [-0.2, -0.15) is 0 Å².